The molecule has 1 amide bonds. The predicted octanol–water partition coefficient (Wildman–Crippen LogP) is 3.75. The molecule has 0 bridgehead atoms. The van der Waals surface area contributed by atoms with Gasteiger partial charge in [-0.2, -0.15) is 0 Å². The molecule has 7 heteroatoms. The molecular weight excluding hydrogens is 398 g/mol. The fraction of sp³-hybridized carbons (Fsp3) is 0.391. The summed E-state index contributed by atoms with van der Waals surface area (Å²) in [6, 6.07) is 15.0. The van der Waals surface area contributed by atoms with Crippen LogP contribution in [0.25, 0.3) is 0 Å². The van der Waals surface area contributed by atoms with Gasteiger partial charge in [0.2, 0.25) is 5.91 Å². The minimum atomic E-state index is -3.56. The second-order valence-corrected chi connectivity index (χ2v) is 9.84. The SMILES string of the molecule is CC(C)c1ccc([C@H](NC(=O)CCN=C2NS(=O)(=O)c3ccccc32)C(C)C)cc1. The first kappa shape index (κ1) is 22.0. The topological polar surface area (TPSA) is 87.6 Å². The van der Waals surface area contributed by atoms with E-state index in [1.165, 1.54) is 5.56 Å². The number of carbonyl (C=O) groups excluding carboxylic acids is 1. The van der Waals surface area contributed by atoms with Crippen LogP contribution in [0, 0.1) is 5.92 Å². The number of amidine groups is 1. The Bertz CT molecular complexity index is 1040. The molecule has 0 spiro atoms. The Morgan fingerprint density at radius 3 is 2.27 bits per heavy atom. The Kier molecular flexibility index (Phi) is 6.61. The van der Waals surface area contributed by atoms with Crippen LogP contribution in [-0.4, -0.2) is 26.7 Å². The van der Waals surface area contributed by atoms with Crippen LogP contribution in [0.3, 0.4) is 0 Å². The molecule has 0 saturated carbocycles. The van der Waals surface area contributed by atoms with Crippen LogP contribution in [0.4, 0.5) is 0 Å². The number of hydrogen-bond acceptors (Lipinski definition) is 4. The summed E-state index contributed by atoms with van der Waals surface area (Å²) in [4.78, 5) is 17.1. The maximum absolute atomic E-state index is 12.5. The minimum absolute atomic E-state index is 0.0860. The number of nitrogens with one attached hydrogen (secondary N) is 2. The molecule has 2 N–H and O–H groups in total. The van der Waals surface area contributed by atoms with Crippen molar-refractivity contribution in [3.8, 4) is 0 Å². The Morgan fingerprint density at radius 2 is 1.63 bits per heavy atom. The largest absolute Gasteiger partial charge is 0.349 e. The van der Waals surface area contributed by atoms with Crippen LogP contribution in [0.2, 0.25) is 0 Å². The minimum Gasteiger partial charge on any atom is -0.349 e. The zero-order valence-electron chi connectivity index (χ0n) is 17.8. The van der Waals surface area contributed by atoms with Crippen LogP contribution in [0.5, 0.6) is 0 Å². The number of sulfonamides is 1. The Hall–Kier alpha value is -2.67. The molecule has 0 fully saturated rings. The third-order valence-electron chi connectivity index (χ3n) is 5.22. The summed E-state index contributed by atoms with van der Waals surface area (Å²) >= 11 is 0. The van der Waals surface area contributed by atoms with Crippen molar-refractivity contribution in [1.82, 2.24) is 10.0 Å². The predicted molar refractivity (Wildman–Crippen MR) is 119 cm³/mol. The van der Waals surface area contributed by atoms with Gasteiger partial charge in [0.25, 0.3) is 10.0 Å². The number of amides is 1. The normalized spacial score (nSPS) is 17.1. The monoisotopic (exact) mass is 427 g/mol. The van der Waals surface area contributed by atoms with Gasteiger partial charge in [-0.05, 0) is 35.1 Å². The van der Waals surface area contributed by atoms with Crippen molar-refractivity contribution < 1.29 is 13.2 Å². The van der Waals surface area contributed by atoms with E-state index in [4.69, 9.17) is 0 Å². The molecule has 3 rings (SSSR count). The molecule has 1 aliphatic rings. The van der Waals surface area contributed by atoms with Crippen LogP contribution in [-0.2, 0) is 14.8 Å². The summed E-state index contributed by atoms with van der Waals surface area (Å²) < 4.78 is 26.7. The average Bonchev–Trinajstić information content (AvgIpc) is 2.96. The van der Waals surface area contributed by atoms with E-state index in [1.807, 2.05) is 0 Å². The van der Waals surface area contributed by atoms with Crippen molar-refractivity contribution in [2.24, 2.45) is 10.9 Å². The van der Waals surface area contributed by atoms with E-state index in [2.05, 4.69) is 67.0 Å². The van der Waals surface area contributed by atoms with E-state index in [1.54, 1.807) is 24.3 Å². The first-order valence-electron chi connectivity index (χ1n) is 10.2. The maximum atomic E-state index is 12.5. The van der Waals surface area contributed by atoms with Gasteiger partial charge in [0.15, 0.2) is 0 Å². The first-order chi connectivity index (χ1) is 14.2. The van der Waals surface area contributed by atoms with Crippen LogP contribution < -0.4 is 10.0 Å². The van der Waals surface area contributed by atoms with Gasteiger partial charge in [0.1, 0.15) is 5.84 Å². The molecule has 160 valence electrons. The number of benzene rings is 2. The first-order valence-corrected chi connectivity index (χ1v) is 11.7. The smallest absolute Gasteiger partial charge is 0.263 e. The zero-order chi connectivity index (χ0) is 21.9. The van der Waals surface area contributed by atoms with Crippen LogP contribution in [0.1, 0.15) is 62.8 Å². The fourth-order valence-corrected chi connectivity index (χ4v) is 4.74. The highest BCUT2D eigenvalue weighted by molar-refractivity contribution is 7.90. The summed E-state index contributed by atoms with van der Waals surface area (Å²) in [5.74, 6) is 0.880. The van der Waals surface area contributed by atoms with E-state index in [0.717, 1.165) is 5.56 Å². The summed E-state index contributed by atoms with van der Waals surface area (Å²) in [7, 11) is -3.56. The summed E-state index contributed by atoms with van der Waals surface area (Å²) in [6.45, 7) is 8.66. The molecule has 1 heterocycles. The molecule has 0 aliphatic carbocycles. The molecule has 30 heavy (non-hydrogen) atoms. The quantitative estimate of drug-likeness (QED) is 0.705. The van der Waals surface area contributed by atoms with Gasteiger partial charge in [0.05, 0.1) is 17.5 Å². The molecule has 2 aromatic carbocycles. The summed E-state index contributed by atoms with van der Waals surface area (Å²) in [5, 5.41) is 3.10. The lowest BCUT2D eigenvalue weighted by Crippen LogP contribution is -2.32. The number of hydrogen-bond donors (Lipinski definition) is 2. The third-order valence-corrected chi connectivity index (χ3v) is 6.61. The number of aliphatic imine (C=N–C) groups is 1. The van der Waals surface area contributed by atoms with E-state index in [9.17, 15) is 13.2 Å². The van der Waals surface area contributed by atoms with Crippen molar-refractivity contribution in [2.45, 2.75) is 51.0 Å². The highest BCUT2D eigenvalue weighted by Gasteiger charge is 2.30. The number of nitrogens with zero attached hydrogens (tertiary/aromatic N) is 1. The lowest BCUT2D eigenvalue weighted by molar-refractivity contribution is -0.121. The van der Waals surface area contributed by atoms with Gasteiger partial charge in [0, 0.05) is 12.0 Å². The Morgan fingerprint density at radius 1 is 1.00 bits per heavy atom. The summed E-state index contributed by atoms with van der Waals surface area (Å²) in [6.07, 6.45) is 0.181. The van der Waals surface area contributed by atoms with E-state index < -0.39 is 10.0 Å². The molecule has 0 unspecified atom stereocenters. The highest BCUT2D eigenvalue weighted by atomic mass is 32.2. The molecule has 1 atom stereocenters. The Labute approximate surface area is 178 Å². The van der Waals surface area contributed by atoms with Crippen molar-refractivity contribution in [3.05, 3.63) is 65.2 Å². The average molecular weight is 428 g/mol. The van der Waals surface area contributed by atoms with Crippen molar-refractivity contribution in [1.29, 1.82) is 0 Å². The fourth-order valence-electron chi connectivity index (χ4n) is 3.49. The standard InChI is InChI=1S/C23H29N3O3S/c1-15(2)17-9-11-18(12-10-17)22(16(3)4)25-21(27)13-14-24-23-19-7-5-6-8-20(19)30(28,29)26-23/h5-12,15-16,22H,13-14H2,1-4H3,(H,24,26)(H,25,27)/t22-/m1/s1. The van der Waals surface area contributed by atoms with Gasteiger partial charge in [-0.3, -0.25) is 14.5 Å². The second kappa shape index (κ2) is 9.00. The van der Waals surface area contributed by atoms with Gasteiger partial charge in [-0.1, -0.05) is 64.1 Å². The molecule has 0 aromatic heterocycles. The van der Waals surface area contributed by atoms with Gasteiger partial charge in [-0.25, -0.2) is 8.42 Å². The van der Waals surface area contributed by atoms with Crippen molar-refractivity contribution in [2.75, 3.05) is 6.54 Å². The number of rotatable bonds is 7. The third kappa shape index (κ3) is 4.90. The van der Waals surface area contributed by atoms with Gasteiger partial charge in [-0.15, -0.1) is 0 Å². The van der Waals surface area contributed by atoms with Crippen LogP contribution in [0.15, 0.2) is 58.4 Å². The zero-order valence-corrected chi connectivity index (χ0v) is 18.7. The number of carbonyl (C=O) groups is 1. The van der Waals surface area contributed by atoms with E-state index in [0.29, 0.717) is 17.3 Å². The molecule has 6 nitrogen and oxygen atoms in total. The molecule has 0 saturated heterocycles. The lowest BCUT2D eigenvalue weighted by atomic mass is 9.93. The molecule has 0 radical (unpaired) electrons. The lowest BCUT2D eigenvalue weighted by Gasteiger charge is -2.23. The van der Waals surface area contributed by atoms with Crippen molar-refractivity contribution >= 4 is 21.8 Å². The molecule has 1 aliphatic heterocycles. The van der Waals surface area contributed by atoms with Gasteiger partial charge >= 0.3 is 0 Å². The Balaban J connectivity index is 1.64. The van der Waals surface area contributed by atoms with E-state index in [-0.39, 0.29) is 35.7 Å². The number of fused-ring (bicyclic) bond motifs is 1. The molecular formula is C23H29N3O3S. The van der Waals surface area contributed by atoms with Gasteiger partial charge < -0.3 is 5.32 Å². The van der Waals surface area contributed by atoms with E-state index >= 15 is 0 Å². The maximum Gasteiger partial charge on any atom is 0.263 e. The van der Waals surface area contributed by atoms with Crippen LogP contribution >= 0.6 is 0 Å². The molecule has 2 aromatic rings. The van der Waals surface area contributed by atoms with Crippen molar-refractivity contribution in [3.63, 3.8) is 0 Å². The summed E-state index contributed by atoms with van der Waals surface area (Å²) in [5.41, 5.74) is 2.89. The second-order valence-electron chi connectivity index (χ2n) is 8.19. The highest BCUT2D eigenvalue weighted by Crippen LogP contribution is 2.25.